The number of rotatable bonds is 8. The van der Waals surface area contributed by atoms with E-state index in [4.69, 9.17) is 4.74 Å². The average molecular weight is 254 g/mol. The van der Waals surface area contributed by atoms with Crippen LogP contribution in [0, 0.1) is 5.82 Å². The summed E-state index contributed by atoms with van der Waals surface area (Å²) in [6.45, 7) is 5.22. The van der Waals surface area contributed by atoms with Crippen molar-refractivity contribution in [3.63, 3.8) is 0 Å². The molecule has 0 aliphatic rings. The Labute approximate surface area is 109 Å². The van der Waals surface area contributed by atoms with E-state index in [1.807, 2.05) is 33.2 Å². The molecule has 0 unspecified atom stereocenters. The Bertz CT molecular complexity index is 356. The van der Waals surface area contributed by atoms with E-state index in [-0.39, 0.29) is 5.82 Å². The summed E-state index contributed by atoms with van der Waals surface area (Å²) in [6.07, 6.45) is 0.996. The second-order valence-corrected chi connectivity index (χ2v) is 4.41. The van der Waals surface area contributed by atoms with Crippen LogP contribution in [0.15, 0.2) is 18.2 Å². The first-order chi connectivity index (χ1) is 8.65. The summed E-state index contributed by atoms with van der Waals surface area (Å²) in [5.74, 6) is -0.180. The molecule has 0 aliphatic heterocycles. The Morgan fingerprint density at radius 1 is 1.33 bits per heavy atom. The van der Waals surface area contributed by atoms with Crippen molar-refractivity contribution in [1.82, 2.24) is 5.32 Å². The van der Waals surface area contributed by atoms with Gasteiger partial charge in [-0.25, -0.2) is 4.39 Å². The lowest BCUT2D eigenvalue weighted by atomic mass is 10.2. The molecule has 0 atom stereocenters. The molecule has 0 spiro atoms. The predicted octanol–water partition coefficient (Wildman–Crippen LogP) is 2.41. The molecule has 102 valence electrons. The van der Waals surface area contributed by atoms with Crippen LogP contribution in [0.25, 0.3) is 0 Å². The van der Waals surface area contributed by atoms with Gasteiger partial charge in [-0.3, -0.25) is 0 Å². The number of anilines is 1. The molecule has 0 saturated carbocycles. The van der Waals surface area contributed by atoms with Gasteiger partial charge in [0.25, 0.3) is 0 Å². The summed E-state index contributed by atoms with van der Waals surface area (Å²) >= 11 is 0. The van der Waals surface area contributed by atoms with E-state index in [2.05, 4.69) is 5.32 Å². The summed E-state index contributed by atoms with van der Waals surface area (Å²) in [4.78, 5) is 1.79. The number of benzene rings is 1. The second-order valence-electron chi connectivity index (χ2n) is 4.41. The molecule has 1 aromatic carbocycles. The number of halogens is 1. The van der Waals surface area contributed by atoms with Crippen LogP contribution in [0.3, 0.4) is 0 Å². The van der Waals surface area contributed by atoms with E-state index < -0.39 is 0 Å². The molecule has 3 nitrogen and oxygen atoms in total. The minimum atomic E-state index is -0.180. The first-order valence-corrected chi connectivity index (χ1v) is 6.39. The van der Waals surface area contributed by atoms with Gasteiger partial charge in [-0.05, 0) is 37.6 Å². The van der Waals surface area contributed by atoms with Gasteiger partial charge in [0.2, 0.25) is 0 Å². The molecule has 18 heavy (non-hydrogen) atoms. The van der Waals surface area contributed by atoms with Gasteiger partial charge in [-0.15, -0.1) is 0 Å². The van der Waals surface area contributed by atoms with Crippen LogP contribution in [-0.2, 0) is 11.3 Å². The number of hydrogen-bond donors (Lipinski definition) is 1. The maximum atomic E-state index is 13.5. The molecule has 0 radical (unpaired) electrons. The van der Waals surface area contributed by atoms with Gasteiger partial charge in [-0.1, -0.05) is 6.07 Å². The van der Waals surface area contributed by atoms with Gasteiger partial charge in [0.1, 0.15) is 5.82 Å². The summed E-state index contributed by atoms with van der Waals surface area (Å²) in [5.41, 5.74) is 1.72. The summed E-state index contributed by atoms with van der Waals surface area (Å²) < 4.78 is 18.7. The number of nitrogens with one attached hydrogen (secondary N) is 1. The highest BCUT2D eigenvalue weighted by molar-refractivity contribution is 5.48. The van der Waals surface area contributed by atoms with Crippen LogP contribution in [0.1, 0.15) is 18.9 Å². The molecule has 1 aromatic rings. The average Bonchev–Trinajstić information content (AvgIpc) is 2.35. The van der Waals surface area contributed by atoms with Gasteiger partial charge in [0, 0.05) is 33.9 Å². The van der Waals surface area contributed by atoms with Crippen LogP contribution in [-0.4, -0.2) is 33.9 Å². The Balaban J connectivity index is 2.36. The standard InChI is InChI=1S/C14H23FN2O/c1-4-18-9-5-8-16-11-12-6-7-13(15)14(10-12)17(2)3/h6-7,10,16H,4-5,8-9,11H2,1-3H3. The Kier molecular flexibility index (Phi) is 6.68. The van der Waals surface area contributed by atoms with Crippen LogP contribution >= 0.6 is 0 Å². The lowest BCUT2D eigenvalue weighted by molar-refractivity contribution is 0.144. The third-order valence-corrected chi connectivity index (χ3v) is 2.67. The van der Waals surface area contributed by atoms with Crippen molar-refractivity contribution in [3.05, 3.63) is 29.6 Å². The fourth-order valence-electron chi connectivity index (χ4n) is 1.69. The van der Waals surface area contributed by atoms with E-state index >= 15 is 0 Å². The normalized spacial score (nSPS) is 10.7. The zero-order valence-corrected chi connectivity index (χ0v) is 11.5. The van der Waals surface area contributed by atoms with E-state index in [0.717, 1.165) is 38.3 Å². The van der Waals surface area contributed by atoms with Gasteiger partial charge in [0.15, 0.2) is 0 Å². The molecular weight excluding hydrogens is 231 g/mol. The van der Waals surface area contributed by atoms with E-state index in [1.165, 1.54) is 6.07 Å². The molecule has 0 aromatic heterocycles. The van der Waals surface area contributed by atoms with Crippen molar-refractivity contribution in [2.24, 2.45) is 0 Å². The maximum absolute atomic E-state index is 13.5. The third kappa shape index (κ3) is 5.02. The molecule has 0 aliphatic carbocycles. The van der Waals surface area contributed by atoms with E-state index in [1.54, 1.807) is 4.90 Å². The highest BCUT2D eigenvalue weighted by Gasteiger charge is 2.04. The van der Waals surface area contributed by atoms with Crippen LogP contribution in [0.2, 0.25) is 0 Å². The largest absolute Gasteiger partial charge is 0.382 e. The topological polar surface area (TPSA) is 24.5 Å². The first kappa shape index (κ1) is 14.9. The quantitative estimate of drug-likeness (QED) is 0.721. The lowest BCUT2D eigenvalue weighted by Crippen LogP contribution is -2.17. The Morgan fingerprint density at radius 3 is 2.78 bits per heavy atom. The van der Waals surface area contributed by atoms with Crippen LogP contribution in [0.4, 0.5) is 10.1 Å². The van der Waals surface area contributed by atoms with Crippen LogP contribution < -0.4 is 10.2 Å². The van der Waals surface area contributed by atoms with Crippen molar-refractivity contribution in [3.8, 4) is 0 Å². The minimum Gasteiger partial charge on any atom is -0.382 e. The van der Waals surface area contributed by atoms with Crippen LogP contribution in [0.5, 0.6) is 0 Å². The lowest BCUT2D eigenvalue weighted by Gasteiger charge is -2.15. The van der Waals surface area contributed by atoms with Gasteiger partial charge in [-0.2, -0.15) is 0 Å². The smallest absolute Gasteiger partial charge is 0.146 e. The number of ether oxygens (including phenoxy) is 1. The zero-order chi connectivity index (χ0) is 13.4. The monoisotopic (exact) mass is 254 g/mol. The molecule has 0 amide bonds. The van der Waals surface area contributed by atoms with Gasteiger partial charge in [0.05, 0.1) is 5.69 Å². The third-order valence-electron chi connectivity index (χ3n) is 2.67. The highest BCUT2D eigenvalue weighted by Crippen LogP contribution is 2.18. The first-order valence-electron chi connectivity index (χ1n) is 6.39. The van der Waals surface area contributed by atoms with E-state index in [9.17, 15) is 4.39 Å². The molecule has 1 rings (SSSR count). The molecule has 4 heteroatoms. The van der Waals surface area contributed by atoms with Gasteiger partial charge >= 0.3 is 0 Å². The van der Waals surface area contributed by atoms with E-state index in [0.29, 0.717) is 5.69 Å². The summed E-state index contributed by atoms with van der Waals surface area (Å²) in [7, 11) is 3.69. The van der Waals surface area contributed by atoms with Gasteiger partial charge < -0.3 is 15.0 Å². The molecule has 0 fully saturated rings. The fourth-order valence-corrected chi connectivity index (χ4v) is 1.69. The van der Waals surface area contributed by atoms with Crippen molar-refractivity contribution in [2.45, 2.75) is 19.9 Å². The molecule has 1 N–H and O–H groups in total. The number of nitrogens with zero attached hydrogens (tertiary/aromatic N) is 1. The van der Waals surface area contributed by atoms with Crippen molar-refractivity contribution >= 4 is 5.69 Å². The number of hydrogen-bond acceptors (Lipinski definition) is 3. The fraction of sp³-hybridized carbons (Fsp3) is 0.571. The molecule has 0 heterocycles. The van der Waals surface area contributed by atoms with Crippen molar-refractivity contribution < 1.29 is 9.13 Å². The SMILES string of the molecule is CCOCCCNCc1ccc(F)c(N(C)C)c1. The minimum absolute atomic E-state index is 0.180. The Hall–Kier alpha value is -1.13. The maximum Gasteiger partial charge on any atom is 0.146 e. The molecule has 0 saturated heterocycles. The highest BCUT2D eigenvalue weighted by atomic mass is 19.1. The summed E-state index contributed by atoms with van der Waals surface area (Å²) in [6, 6.07) is 5.22. The second kappa shape index (κ2) is 8.06. The Morgan fingerprint density at radius 2 is 2.11 bits per heavy atom. The van der Waals surface area contributed by atoms with Crippen molar-refractivity contribution in [1.29, 1.82) is 0 Å². The molecule has 0 bridgehead atoms. The molecular formula is C14H23FN2O. The zero-order valence-electron chi connectivity index (χ0n) is 11.5. The van der Waals surface area contributed by atoms with Crippen molar-refractivity contribution in [2.75, 3.05) is 38.8 Å². The summed E-state index contributed by atoms with van der Waals surface area (Å²) in [5, 5.41) is 3.33. The predicted molar refractivity (Wildman–Crippen MR) is 73.5 cm³/mol.